The molecule has 1 heterocycles. The van der Waals surface area contributed by atoms with Crippen LogP contribution in [0.1, 0.15) is 24.7 Å². The number of aryl methyl sites for hydroxylation is 1. The Morgan fingerprint density at radius 2 is 2.06 bits per heavy atom. The maximum absolute atomic E-state index is 11.5. The van der Waals surface area contributed by atoms with Crippen LogP contribution in [-0.2, 0) is 4.79 Å². The van der Waals surface area contributed by atoms with Gasteiger partial charge in [-0.25, -0.2) is 9.97 Å². The van der Waals surface area contributed by atoms with Gasteiger partial charge in [0.15, 0.2) is 0 Å². The lowest BCUT2D eigenvalue weighted by molar-refractivity contribution is -0.119. The van der Waals surface area contributed by atoms with E-state index in [2.05, 4.69) is 22.2 Å². The van der Waals surface area contributed by atoms with Gasteiger partial charge in [-0.05, 0) is 20.3 Å². The number of aromatic nitrogens is 2. The highest BCUT2D eigenvalue weighted by atomic mass is 16.1. The molecule has 0 unspecified atom stereocenters. The number of likely N-dealkylation sites (N-methyl/N-ethyl adjacent to an activating group) is 1. The SMILES string of the molecule is CCCN(CC(=O)NC)c1nc(C)nc(N)c1C. The molecule has 0 saturated heterocycles. The Labute approximate surface area is 108 Å². The van der Waals surface area contributed by atoms with E-state index in [1.54, 1.807) is 14.0 Å². The number of anilines is 2. The number of hydrogen-bond donors (Lipinski definition) is 2. The van der Waals surface area contributed by atoms with Crippen LogP contribution in [0, 0.1) is 13.8 Å². The molecule has 0 aromatic carbocycles. The Balaban J connectivity index is 3.08. The number of nitrogens with zero attached hydrogens (tertiary/aromatic N) is 3. The number of hydrogen-bond acceptors (Lipinski definition) is 5. The van der Waals surface area contributed by atoms with Crippen LogP contribution < -0.4 is 16.0 Å². The summed E-state index contributed by atoms with van der Waals surface area (Å²) in [6.45, 7) is 6.76. The highest BCUT2D eigenvalue weighted by Crippen LogP contribution is 2.21. The highest BCUT2D eigenvalue weighted by molar-refractivity contribution is 5.81. The molecule has 0 aliphatic rings. The molecule has 0 aliphatic carbocycles. The fourth-order valence-corrected chi connectivity index (χ4v) is 1.72. The van der Waals surface area contributed by atoms with Crippen LogP contribution in [0.25, 0.3) is 0 Å². The van der Waals surface area contributed by atoms with Crippen molar-refractivity contribution in [2.75, 3.05) is 30.8 Å². The number of carbonyl (C=O) groups is 1. The number of amides is 1. The largest absolute Gasteiger partial charge is 0.383 e. The first-order chi connectivity index (χ1) is 8.49. The molecule has 1 aromatic heterocycles. The topological polar surface area (TPSA) is 84.1 Å². The predicted molar refractivity (Wildman–Crippen MR) is 72.5 cm³/mol. The van der Waals surface area contributed by atoms with Crippen molar-refractivity contribution in [2.45, 2.75) is 27.2 Å². The average molecular weight is 251 g/mol. The summed E-state index contributed by atoms with van der Waals surface area (Å²) in [4.78, 5) is 22.0. The summed E-state index contributed by atoms with van der Waals surface area (Å²) < 4.78 is 0. The minimum Gasteiger partial charge on any atom is -0.383 e. The number of carbonyl (C=O) groups excluding carboxylic acids is 1. The van der Waals surface area contributed by atoms with Crippen molar-refractivity contribution in [3.05, 3.63) is 11.4 Å². The van der Waals surface area contributed by atoms with E-state index < -0.39 is 0 Å². The van der Waals surface area contributed by atoms with Crippen LogP contribution in [0.5, 0.6) is 0 Å². The summed E-state index contributed by atoms with van der Waals surface area (Å²) >= 11 is 0. The summed E-state index contributed by atoms with van der Waals surface area (Å²) in [5.74, 6) is 1.78. The fourth-order valence-electron chi connectivity index (χ4n) is 1.72. The van der Waals surface area contributed by atoms with E-state index in [1.807, 2.05) is 11.8 Å². The summed E-state index contributed by atoms with van der Waals surface area (Å²) in [7, 11) is 1.62. The van der Waals surface area contributed by atoms with Gasteiger partial charge in [-0.2, -0.15) is 0 Å². The normalized spacial score (nSPS) is 10.2. The van der Waals surface area contributed by atoms with Crippen molar-refractivity contribution in [3.63, 3.8) is 0 Å². The lowest BCUT2D eigenvalue weighted by Gasteiger charge is -2.24. The van der Waals surface area contributed by atoms with Crippen LogP contribution in [0.15, 0.2) is 0 Å². The minimum atomic E-state index is -0.0438. The van der Waals surface area contributed by atoms with Gasteiger partial charge >= 0.3 is 0 Å². The van der Waals surface area contributed by atoms with Gasteiger partial charge in [0.05, 0.1) is 6.54 Å². The van der Waals surface area contributed by atoms with Gasteiger partial charge in [-0.1, -0.05) is 6.92 Å². The predicted octanol–water partition coefficient (Wildman–Crippen LogP) is 0.638. The van der Waals surface area contributed by atoms with Crippen LogP contribution in [0.3, 0.4) is 0 Å². The molecule has 0 atom stereocenters. The zero-order valence-electron chi connectivity index (χ0n) is 11.4. The van der Waals surface area contributed by atoms with Crippen LogP contribution in [-0.4, -0.2) is 36.0 Å². The number of nitrogen functional groups attached to an aromatic ring is 1. The van der Waals surface area contributed by atoms with E-state index >= 15 is 0 Å². The Kier molecular flexibility index (Phi) is 4.88. The van der Waals surface area contributed by atoms with Gasteiger partial charge in [-0.15, -0.1) is 0 Å². The minimum absolute atomic E-state index is 0.0438. The third-order valence-electron chi connectivity index (χ3n) is 2.68. The van der Waals surface area contributed by atoms with Gasteiger partial charge in [-0.3, -0.25) is 4.79 Å². The molecule has 1 rings (SSSR count). The average Bonchev–Trinajstić information content (AvgIpc) is 2.33. The van der Waals surface area contributed by atoms with Crippen LogP contribution in [0.4, 0.5) is 11.6 Å². The van der Waals surface area contributed by atoms with Crippen molar-refractivity contribution in [1.29, 1.82) is 0 Å². The smallest absolute Gasteiger partial charge is 0.239 e. The van der Waals surface area contributed by atoms with E-state index in [0.717, 1.165) is 24.3 Å². The Bertz CT molecular complexity index is 433. The van der Waals surface area contributed by atoms with Crippen molar-refractivity contribution in [3.8, 4) is 0 Å². The molecule has 0 radical (unpaired) electrons. The standard InChI is InChI=1S/C12H21N5O/c1-5-6-17(7-10(18)14-4)12-8(2)11(13)15-9(3)16-12/h5-7H2,1-4H3,(H,14,18)(H2,13,15,16). The first-order valence-corrected chi connectivity index (χ1v) is 6.05. The van der Waals surface area contributed by atoms with Gasteiger partial charge in [0.1, 0.15) is 17.5 Å². The quantitative estimate of drug-likeness (QED) is 0.802. The molecule has 0 aliphatic heterocycles. The molecule has 0 saturated carbocycles. The Morgan fingerprint density at radius 3 is 2.61 bits per heavy atom. The maximum atomic E-state index is 11.5. The molecule has 6 nitrogen and oxygen atoms in total. The van der Waals surface area contributed by atoms with Crippen molar-refractivity contribution in [2.24, 2.45) is 0 Å². The van der Waals surface area contributed by atoms with Gasteiger partial charge in [0.25, 0.3) is 0 Å². The van der Waals surface area contributed by atoms with E-state index in [-0.39, 0.29) is 12.5 Å². The van der Waals surface area contributed by atoms with E-state index in [0.29, 0.717) is 11.6 Å². The first kappa shape index (κ1) is 14.2. The lowest BCUT2D eigenvalue weighted by atomic mass is 10.2. The third-order valence-corrected chi connectivity index (χ3v) is 2.68. The van der Waals surface area contributed by atoms with Crippen molar-refractivity contribution < 1.29 is 4.79 Å². The number of nitrogens with two attached hydrogens (primary N) is 1. The second-order valence-corrected chi connectivity index (χ2v) is 4.20. The van der Waals surface area contributed by atoms with Crippen LogP contribution in [0.2, 0.25) is 0 Å². The fraction of sp³-hybridized carbons (Fsp3) is 0.583. The van der Waals surface area contributed by atoms with Crippen molar-refractivity contribution in [1.82, 2.24) is 15.3 Å². The molecule has 1 aromatic rings. The molecule has 18 heavy (non-hydrogen) atoms. The zero-order valence-corrected chi connectivity index (χ0v) is 11.4. The highest BCUT2D eigenvalue weighted by Gasteiger charge is 2.16. The second-order valence-electron chi connectivity index (χ2n) is 4.20. The molecule has 3 N–H and O–H groups in total. The molecular weight excluding hydrogens is 230 g/mol. The summed E-state index contributed by atoms with van der Waals surface area (Å²) in [6, 6.07) is 0. The van der Waals surface area contributed by atoms with E-state index in [4.69, 9.17) is 5.73 Å². The summed E-state index contributed by atoms with van der Waals surface area (Å²) in [6.07, 6.45) is 0.930. The zero-order chi connectivity index (χ0) is 13.7. The summed E-state index contributed by atoms with van der Waals surface area (Å²) in [5, 5.41) is 2.62. The Hall–Kier alpha value is -1.85. The first-order valence-electron chi connectivity index (χ1n) is 6.05. The molecule has 0 bridgehead atoms. The van der Waals surface area contributed by atoms with Crippen LogP contribution >= 0.6 is 0 Å². The van der Waals surface area contributed by atoms with Gasteiger partial charge in [0, 0.05) is 19.2 Å². The van der Waals surface area contributed by atoms with Gasteiger partial charge < -0.3 is 16.0 Å². The molecule has 0 spiro atoms. The molecule has 1 amide bonds. The van der Waals surface area contributed by atoms with Crippen molar-refractivity contribution >= 4 is 17.5 Å². The number of nitrogens with one attached hydrogen (secondary N) is 1. The summed E-state index contributed by atoms with van der Waals surface area (Å²) in [5.41, 5.74) is 6.66. The molecule has 6 heteroatoms. The Morgan fingerprint density at radius 1 is 1.39 bits per heavy atom. The lowest BCUT2D eigenvalue weighted by Crippen LogP contribution is -2.37. The third kappa shape index (κ3) is 3.32. The molecule has 0 fully saturated rings. The van der Waals surface area contributed by atoms with Gasteiger partial charge in [0.2, 0.25) is 5.91 Å². The monoisotopic (exact) mass is 251 g/mol. The maximum Gasteiger partial charge on any atom is 0.239 e. The molecular formula is C12H21N5O. The van der Waals surface area contributed by atoms with E-state index in [1.165, 1.54) is 0 Å². The second kappa shape index (κ2) is 6.18. The molecule has 100 valence electrons. The van der Waals surface area contributed by atoms with E-state index in [9.17, 15) is 4.79 Å². The number of rotatable bonds is 5.